The third-order valence-corrected chi connectivity index (χ3v) is 2.82. The van der Waals surface area contributed by atoms with Gasteiger partial charge in [-0.3, -0.25) is 0 Å². The van der Waals surface area contributed by atoms with Crippen molar-refractivity contribution in [1.29, 1.82) is 0 Å². The maximum atomic E-state index is 2.65. The van der Waals surface area contributed by atoms with Crippen molar-refractivity contribution < 1.29 is 0 Å². The van der Waals surface area contributed by atoms with Crippen LogP contribution in [0.4, 0.5) is 0 Å². The molecule has 0 N–H and O–H groups in total. The predicted molar refractivity (Wildman–Crippen MR) is 42.7 cm³/mol. The number of rotatable bonds is 0. The summed E-state index contributed by atoms with van der Waals surface area (Å²) in [6.45, 7) is 2.63. The van der Waals surface area contributed by atoms with Gasteiger partial charge in [0.25, 0.3) is 0 Å². The molecule has 0 saturated carbocycles. The van der Waals surface area contributed by atoms with Crippen LogP contribution in [0.5, 0.6) is 0 Å². The molecule has 2 fully saturated rings. The van der Waals surface area contributed by atoms with Crippen LogP contribution in [0.2, 0.25) is 0 Å². The van der Waals surface area contributed by atoms with Crippen LogP contribution in [0.25, 0.3) is 0 Å². The molecule has 2 saturated heterocycles. The van der Waals surface area contributed by atoms with Gasteiger partial charge in [-0.25, -0.2) is 0 Å². The molecule has 0 aromatic carbocycles. The first-order valence-electron chi connectivity index (χ1n) is 4.52. The van der Waals surface area contributed by atoms with Crippen molar-refractivity contribution >= 4 is 0 Å². The molecule has 2 aliphatic heterocycles. The first-order valence-corrected chi connectivity index (χ1v) is 4.52. The second-order valence-corrected chi connectivity index (χ2v) is 3.51. The Balaban J connectivity index is 1.93. The second kappa shape index (κ2) is 2.91. The third-order valence-electron chi connectivity index (χ3n) is 2.82. The standard InChI is InChI=1S/C9H16N/c1-3-7-10-8-4-2-6-9(10)5-1/h3,9H,1-2,4-8H2. The zero-order chi connectivity index (χ0) is 6.81. The van der Waals surface area contributed by atoms with Crippen LogP contribution in [0.15, 0.2) is 0 Å². The lowest BCUT2D eigenvalue weighted by Gasteiger charge is -2.38. The summed E-state index contributed by atoms with van der Waals surface area (Å²) in [6, 6.07) is 0.957. The summed E-state index contributed by atoms with van der Waals surface area (Å²) < 4.78 is 0. The SMILES string of the molecule is [CH]1CCC2CCCCN2C1. The topological polar surface area (TPSA) is 3.24 Å². The van der Waals surface area contributed by atoms with Crippen molar-refractivity contribution in [3.8, 4) is 0 Å². The molecule has 0 bridgehead atoms. The molecule has 1 nitrogen and oxygen atoms in total. The van der Waals surface area contributed by atoms with Crippen LogP contribution in [0.3, 0.4) is 0 Å². The van der Waals surface area contributed by atoms with Gasteiger partial charge in [-0.05, 0) is 38.6 Å². The van der Waals surface area contributed by atoms with Crippen LogP contribution in [-0.2, 0) is 0 Å². The van der Waals surface area contributed by atoms with Gasteiger partial charge >= 0.3 is 0 Å². The highest BCUT2D eigenvalue weighted by molar-refractivity contribution is 4.87. The van der Waals surface area contributed by atoms with Crippen molar-refractivity contribution in [1.82, 2.24) is 4.90 Å². The molecular weight excluding hydrogens is 122 g/mol. The van der Waals surface area contributed by atoms with Gasteiger partial charge in [-0.15, -0.1) is 0 Å². The highest BCUT2D eigenvalue weighted by Crippen LogP contribution is 2.24. The Bertz CT molecular complexity index is 85.3. The average Bonchev–Trinajstić information content (AvgIpc) is 2.05. The average molecular weight is 138 g/mol. The molecule has 0 aromatic heterocycles. The Hall–Kier alpha value is -0.0400. The number of fused-ring (bicyclic) bond motifs is 1. The first-order chi connectivity index (χ1) is 4.97. The summed E-state index contributed by atoms with van der Waals surface area (Å²) in [5, 5.41) is 0. The zero-order valence-corrected chi connectivity index (χ0v) is 6.55. The van der Waals surface area contributed by atoms with E-state index in [1.54, 1.807) is 0 Å². The van der Waals surface area contributed by atoms with E-state index < -0.39 is 0 Å². The van der Waals surface area contributed by atoms with Crippen LogP contribution in [0.1, 0.15) is 32.1 Å². The van der Waals surface area contributed by atoms with Crippen molar-refractivity contribution in [2.75, 3.05) is 13.1 Å². The molecule has 2 heterocycles. The fourth-order valence-corrected chi connectivity index (χ4v) is 2.19. The van der Waals surface area contributed by atoms with Crippen molar-refractivity contribution in [2.45, 2.75) is 38.1 Å². The highest BCUT2D eigenvalue weighted by atomic mass is 15.2. The molecule has 2 aliphatic rings. The van der Waals surface area contributed by atoms with E-state index in [2.05, 4.69) is 11.3 Å². The van der Waals surface area contributed by atoms with E-state index in [0.717, 1.165) is 6.04 Å². The lowest BCUT2D eigenvalue weighted by Crippen LogP contribution is -2.42. The van der Waals surface area contributed by atoms with Crippen LogP contribution >= 0.6 is 0 Å². The maximum Gasteiger partial charge on any atom is 0.00954 e. The molecule has 1 unspecified atom stereocenters. The molecule has 0 aliphatic carbocycles. The van der Waals surface area contributed by atoms with Gasteiger partial charge in [0.15, 0.2) is 0 Å². The molecule has 0 aromatic rings. The quantitative estimate of drug-likeness (QED) is 0.493. The summed E-state index contributed by atoms with van der Waals surface area (Å²) in [4.78, 5) is 2.65. The molecule has 1 radical (unpaired) electrons. The van der Waals surface area contributed by atoms with Crippen LogP contribution in [0, 0.1) is 6.42 Å². The highest BCUT2D eigenvalue weighted by Gasteiger charge is 2.24. The molecule has 0 spiro atoms. The van der Waals surface area contributed by atoms with E-state index in [1.165, 1.54) is 45.2 Å². The van der Waals surface area contributed by atoms with Crippen molar-refractivity contribution in [3.05, 3.63) is 6.42 Å². The molecule has 57 valence electrons. The number of hydrogen-bond donors (Lipinski definition) is 0. The minimum Gasteiger partial charge on any atom is -0.300 e. The van der Waals surface area contributed by atoms with E-state index in [9.17, 15) is 0 Å². The lowest BCUT2D eigenvalue weighted by atomic mass is 9.93. The van der Waals surface area contributed by atoms with Crippen LogP contribution in [-0.4, -0.2) is 24.0 Å². The summed E-state index contributed by atoms with van der Waals surface area (Å²) >= 11 is 0. The molecule has 1 atom stereocenters. The number of nitrogens with zero attached hydrogens (tertiary/aromatic N) is 1. The largest absolute Gasteiger partial charge is 0.300 e. The van der Waals surface area contributed by atoms with Crippen molar-refractivity contribution in [2.24, 2.45) is 0 Å². The van der Waals surface area contributed by atoms with Gasteiger partial charge in [0.2, 0.25) is 0 Å². The number of hydrogen-bond acceptors (Lipinski definition) is 1. The Labute approximate surface area is 63.4 Å². The Morgan fingerprint density at radius 3 is 3.10 bits per heavy atom. The summed E-state index contributed by atoms with van der Waals surface area (Å²) in [7, 11) is 0. The minimum absolute atomic E-state index is 0.957. The van der Waals surface area contributed by atoms with E-state index in [4.69, 9.17) is 0 Å². The minimum atomic E-state index is 0.957. The van der Waals surface area contributed by atoms with Crippen LogP contribution < -0.4 is 0 Å². The predicted octanol–water partition coefficient (Wildman–Crippen LogP) is 1.84. The van der Waals surface area contributed by atoms with Gasteiger partial charge in [-0.2, -0.15) is 0 Å². The zero-order valence-electron chi connectivity index (χ0n) is 6.55. The monoisotopic (exact) mass is 138 g/mol. The first kappa shape index (κ1) is 6.66. The number of piperidine rings is 2. The van der Waals surface area contributed by atoms with E-state index in [-0.39, 0.29) is 0 Å². The normalized spacial score (nSPS) is 30.0. The molecular formula is C9H16N. The second-order valence-electron chi connectivity index (χ2n) is 3.51. The Morgan fingerprint density at radius 2 is 2.20 bits per heavy atom. The lowest BCUT2D eigenvalue weighted by molar-refractivity contribution is 0.131. The van der Waals surface area contributed by atoms with Crippen molar-refractivity contribution in [3.63, 3.8) is 0 Å². The van der Waals surface area contributed by atoms with E-state index in [0.29, 0.717) is 0 Å². The molecule has 0 amide bonds. The summed E-state index contributed by atoms with van der Waals surface area (Å²) in [5.74, 6) is 0. The van der Waals surface area contributed by atoms with E-state index >= 15 is 0 Å². The fourth-order valence-electron chi connectivity index (χ4n) is 2.19. The molecule has 2 rings (SSSR count). The van der Waals surface area contributed by atoms with E-state index in [1.807, 2.05) is 0 Å². The summed E-state index contributed by atoms with van der Waals surface area (Å²) in [5.41, 5.74) is 0. The summed E-state index contributed by atoms with van der Waals surface area (Å²) in [6.07, 6.45) is 9.60. The molecule has 10 heavy (non-hydrogen) atoms. The van der Waals surface area contributed by atoms with Gasteiger partial charge in [0.1, 0.15) is 0 Å². The fraction of sp³-hybridized carbons (Fsp3) is 0.889. The maximum absolute atomic E-state index is 2.65. The van der Waals surface area contributed by atoms with Gasteiger partial charge in [-0.1, -0.05) is 6.42 Å². The van der Waals surface area contributed by atoms with Gasteiger partial charge < -0.3 is 4.90 Å². The molecule has 1 heteroatoms. The smallest absolute Gasteiger partial charge is 0.00954 e. The van der Waals surface area contributed by atoms with Gasteiger partial charge in [0.05, 0.1) is 0 Å². The Morgan fingerprint density at radius 1 is 1.20 bits per heavy atom. The van der Waals surface area contributed by atoms with Gasteiger partial charge in [0, 0.05) is 12.6 Å². The Kier molecular flexibility index (Phi) is 1.94. The third kappa shape index (κ3) is 1.20.